The number of nitrogen functional groups attached to an aromatic ring is 1. The number of halogens is 1. The number of nitrogens with zero attached hydrogens (tertiary/aromatic N) is 4. The van der Waals surface area contributed by atoms with Gasteiger partial charge in [0.25, 0.3) is 0 Å². The number of hydrogen-bond acceptors (Lipinski definition) is 7. The molecule has 1 heterocycles. The molecule has 0 saturated heterocycles. The molecule has 0 unspecified atom stereocenters. The minimum atomic E-state index is -3.91. The van der Waals surface area contributed by atoms with Crippen molar-refractivity contribution in [3.63, 3.8) is 0 Å². The molecule has 0 aliphatic rings. The van der Waals surface area contributed by atoms with Crippen LogP contribution in [0, 0.1) is 5.82 Å². The molecule has 112 valence electrons. The molecule has 0 atom stereocenters. The molecule has 0 aliphatic carbocycles. The van der Waals surface area contributed by atoms with Crippen molar-refractivity contribution in [3.8, 4) is 0 Å². The quantitative estimate of drug-likeness (QED) is 0.883. The summed E-state index contributed by atoms with van der Waals surface area (Å²) in [6.45, 7) is 0. The largest absolute Gasteiger partial charge is 0.368 e. The highest BCUT2D eigenvalue weighted by molar-refractivity contribution is 7.90. The van der Waals surface area contributed by atoms with Crippen molar-refractivity contribution in [3.05, 3.63) is 35.9 Å². The lowest BCUT2D eigenvalue weighted by Crippen LogP contribution is -2.18. The zero-order valence-corrected chi connectivity index (χ0v) is 12.3. The molecule has 0 saturated carbocycles. The zero-order valence-electron chi connectivity index (χ0n) is 11.5. The van der Waals surface area contributed by atoms with Crippen LogP contribution in [0.1, 0.15) is 5.82 Å². The van der Waals surface area contributed by atoms with Crippen molar-refractivity contribution >= 4 is 21.7 Å². The van der Waals surface area contributed by atoms with E-state index in [1.807, 2.05) is 0 Å². The van der Waals surface area contributed by atoms with E-state index in [0.29, 0.717) is 0 Å². The molecule has 2 N–H and O–H groups in total. The maximum atomic E-state index is 13.6. The van der Waals surface area contributed by atoms with Crippen molar-refractivity contribution in [2.45, 2.75) is 10.6 Å². The Morgan fingerprint density at radius 1 is 1.19 bits per heavy atom. The van der Waals surface area contributed by atoms with Crippen LogP contribution in [0.5, 0.6) is 0 Å². The van der Waals surface area contributed by atoms with Gasteiger partial charge in [0.05, 0.1) is 0 Å². The summed E-state index contributed by atoms with van der Waals surface area (Å²) >= 11 is 0. The first-order valence-corrected chi connectivity index (χ1v) is 7.60. The first-order chi connectivity index (χ1) is 9.79. The molecule has 0 aliphatic heterocycles. The van der Waals surface area contributed by atoms with Crippen LogP contribution in [-0.4, -0.2) is 37.5 Å². The van der Waals surface area contributed by atoms with Crippen molar-refractivity contribution in [1.82, 2.24) is 15.0 Å². The average molecular weight is 311 g/mol. The highest BCUT2D eigenvalue weighted by Crippen LogP contribution is 2.19. The second kappa shape index (κ2) is 5.60. The summed E-state index contributed by atoms with van der Waals surface area (Å²) in [5, 5.41) is 0. The Labute approximate surface area is 121 Å². The van der Waals surface area contributed by atoms with Gasteiger partial charge in [-0.3, -0.25) is 0 Å². The third-order valence-corrected chi connectivity index (χ3v) is 4.22. The molecular weight excluding hydrogens is 297 g/mol. The Morgan fingerprint density at radius 3 is 2.48 bits per heavy atom. The van der Waals surface area contributed by atoms with E-state index >= 15 is 0 Å². The van der Waals surface area contributed by atoms with Crippen LogP contribution in [0.25, 0.3) is 0 Å². The summed E-state index contributed by atoms with van der Waals surface area (Å²) in [6.07, 6.45) is 0. The first kappa shape index (κ1) is 15.1. The van der Waals surface area contributed by atoms with Gasteiger partial charge in [0.15, 0.2) is 15.7 Å². The minimum Gasteiger partial charge on any atom is -0.368 e. The van der Waals surface area contributed by atoms with Crippen LogP contribution in [0.3, 0.4) is 0 Å². The second-order valence-electron chi connectivity index (χ2n) is 4.49. The molecule has 0 fully saturated rings. The van der Waals surface area contributed by atoms with Gasteiger partial charge in [-0.05, 0) is 12.1 Å². The van der Waals surface area contributed by atoms with E-state index in [1.54, 1.807) is 19.0 Å². The Hall–Kier alpha value is -2.29. The van der Waals surface area contributed by atoms with Gasteiger partial charge in [0.1, 0.15) is 16.5 Å². The van der Waals surface area contributed by atoms with Gasteiger partial charge in [-0.1, -0.05) is 12.1 Å². The van der Waals surface area contributed by atoms with Crippen LogP contribution in [-0.2, 0) is 15.6 Å². The number of rotatable bonds is 4. The summed E-state index contributed by atoms with van der Waals surface area (Å²) in [6, 6.07) is 5.14. The number of hydrogen-bond donors (Lipinski definition) is 1. The van der Waals surface area contributed by atoms with Crippen molar-refractivity contribution in [2.75, 3.05) is 24.7 Å². The van der Waals surface area contributed by atoms with Crippen LogP contribution in [0.15, 0.2) is 29.2 Å². The molecule has 2 rings (SSSR count). The lowest BCUT2D eigenvalue weighted by molar-refractivity contribution is 0.565. The lowest BCUT2D eigenvalue weighted by atomic mass is 10.3. The predicted molar refractivity (Wildman–Crippen MR) is 75.9 cm³/mol. The number of aromatic nitrogens is 3. The summed E-state index contributed by atoms with van der Waals surface area (Å²) in [5.41, 5.74) is 5.53. The second-order valence-corrected chi connectivity index (χ2v) is 6.45. The monoisotopic (exact) mass is 311 g/mol. The number of sulfone groups is 1. The molecule has 21 heavy (non-hydrogen) atoms. The van der Waals surface area contributed by atoms with Crippen LogP contribution in [0.2, 0.25) is 0 Å². The van der Waals surface area contributed by atoms with Gasteiger partial charge in [-0.15, -0.1) is 0 Å². The Bertz CT molecular complexity index is 764. The summed E-state index contributed by atoms with van der Waals surface area (Å²) in [5.74, 6) is -1.25. The van der Waals surface area contributed by atoms with Crippen LogP contribution in [0.4, 0.5) is 16.3 Å². The predicted octanol–water partition coefficient (Wildman–Crippen LogP) is 0.633. The lowest BCUT2D eigenvalue weighted by Gasteiger charge is -2.11. The highest BCUT2D eigenvalue weighted by Gasteiger charge is 2.21. The van der Waals surface area contributed by atoms with E-state index in [1.165, 1.54) is 18.2 Å². The maximum Gasteiger partial charge on any atom is 0.229 e. The molecule has 0 spiro atoms. The fourth-order valence-electron chi connectivity index (χ4n) is 1.63. The van der Waals surface area contributed by atoms with Crippen molar-refractivity contribution < 1.29 is 12.8 Å². The van der Waals surface area contributed by atoms with Gasteiger partial charge in [-0.25, -0.2) is 12.8 Å². The normalized spacial score (nSPS) is 11.4. The van der Waals surface area contributed by atoms with E-state index in [-0.39, 0.29) is 17.7 Å². The Kier molecular flexibility index (Phi) is 4.03. The SMILES string of the molecule is CN(C)c1nc(N)nc(CS(=O)(=O)c2ccccc2F)n1. The molecule has 0 bridgehead atoms. The van der Waals surface area contributed by atoms with Crippen molar-refractivity contribution in [2.24, 2.45) is 0 Å². The molecular formula is C12H14FN5O2S. The number of anilines is 2. The van der Waals surface area contributed by atoms with Crippen molar-refractivity contribution in [1.29, 1.82) is 0 Å². The number of benzene rings is 1. The molecule has 7 nitrogen and oxygen atoms in total. The fourth-order valence-corrected chi connectivity index (χ4v) is 2.91. The summed E-state index contributed by atoms with van der Waals surface area (Å²) < 4.78 is 38.0. The highest BCUT2D eigenvalue weighted by atomic mass is 32.2. The Balaban J connectivity index is 2.40. The maximum absolute atomic E-state index is 13.6. The van der Waals surface area contributed by atoms with Crippen LogP contribution >= 0.6 is 0 Å². The van der Waals surface area contributed by atoms with E-state index in [0.717, 1.165) is 6.07 Å². The summed E-state index contributed by atoms with van der Waals surface area (Å²) in [4.78, 5) is 12.8. The Morgan fingerprint density at radius 2 is 1.86 bits per heavy atom. The molecule has 9 heteroatoms. The summed E-state index contributed by atoms with van der Waals surface area (Å²) in [7, 11) is -0.536. The zero-order chi connectivity index (χ0) is 15.6. The van der Waals surface area contributed by atoms with E-state index in [4.69, 9.17) is 5.73 Å². The van der Waals surface area contributed by atoms with Gasteiger partial charge < -0.3 is 10.6 Å². The van der Waals surface area contributed by atoms with E-state index in [2.05, 4.69) is 15.0 Å². The van der Waals surface area contributed by atoms with Gasteiger partial charge in [0, 0.05) is 14.1 Å². The molecule has 2 aromatic rings. The minimum absolute atomic E-state index is 0.0329. The molecule has 1 aromatic carbocycles. The molecule has 1 aromatic heterocycles. The van der Waals surface area contributed by atoms with Gasteiger partial charge in [0.2, 0.25) is 11.9 Å². The average Bonchev–Trinajstić information content (AvgIpc) is 2.37. The van der Waals surface area contributed by atoms with E-state index < -0.39 is 26.3 Å². The van der Waals surface area contributed by atoms with Crippen LogP contribution < -0.4 is 10.6 Å². The topological polar surface area (TPSA) is 102 Å². The standard InChI is InChI=1S/C12H14FN5O2S/c1-18(2)12-16-10(15-11(14)17-12)7-21(19,20)9-6-4-3-5-8(9)13/h3-6H,7H2,1-2H3,(H2,14,15,16,17). The van der Waals surface area contributed by atoms with Gasteiger partial charge >= 0.3 is 0 Å². The smallest absolute Gasteiger partial charge is 0.229 e. The number of nitrogens with two attached hydrogens (primary N) is 1. The molecule has 0 radical (unpaired) electrons. The van der Waals surface area contributed by atoms with Gasteiger partial charge in [-0.2, -0.15) is 15.0 Å². The fraction of sp³-hybridized carbons (Fsp3) is 0.250. The first-order valence-electron chi connectivity index (χ1n) is 5.94. The third-order valence-electron chi connectivity index (χ3n) is 2.58. The van der Waals surface area contributed by atoms with E-state index in [9.17, 15) is 12.8 Å². The third kappa shape index (κ3) is 3.43. The molecule has 0 amide bonds.